The fourth-order valence-corrected chi connectivity index (χ4v) is 1.52. The minimum absolute atomic E-state index is 0.329. The Morgan fingerprint density at radius 1 is 1.06 bits per heavy atom. The Hall–Kier alpha value is -1.06. The molecular formula is C15H25NO2. The zero-order valence-electron chi connectivity index (χ0n) is 11.7. The highest BCUT2D eigenvalue weighted by Crippen LogP contribution is 2.10. The first kappa shape index (κ1) is 15.0. The Kier molecular flexibility index (Phi) is 7.46. The van der Waals surface area contributed by atoms with Crippen LogP contribution in [-0.2, 0) is 4.74 Å². The number of rotatable bonds is 9. The molecule has 0 heterocycles. The van der Waals surface area contributed by atoms with Crippen molar-refractivity contribution in [2.45, 2.75) is 33.3 Å². The normalized spacial score (nSPS) is 10.9. The van der Waals surface area contributed by atoms with Crippen molar-refractivity contribution in [2.24, 2.45) is 0 Å². The van der Waals surface area contributed by atoms with Gasteiger partial charge in [-0.2, -0.15) is 0 Å². The molecule has 0 fully saturated rings. The lowest BCUT2D eigenvalue weighted by molar-refractivity contribution is 0.0770. The summed E-state index contributed by atoms with van der Waals surface area (Å²) in [6.45, 7) is 9.56. The molecule has 3 nitrogen and oxygen atoms in total. The highest BCUT2D eigenvalue weighted by atomic mass is 16.5. The number of ether oxygens (including phenoxy) is 2. The molecule has 0 aromatic heterocycles. The summed E-state index contributed by atoms with van der Waals surface area (Å²) in [5, 5.41) is 3.34. The average molecular weight is 251 g/mol. The van der Waals surface area contributed by atoms with Gasteiger partial charge in [0, 0.05) is 13.2 Å². The van der Waals surface area contributed by atoms with E-state index in [0.717, 1.165) is 31.9 Å². The van der Waals surface area contributed by atoms with Gasteiger partial charge in [-0.15, -0.1) is 0 Å². The lowest BCUT2D eigenvalue weighted by Gasteiger charge is -2.09. The van der Waals surface area contributed by atoms with E-state index in [-0.39, 0.29) is 0 Å². The van der Waals surface area contributed by atoms with Crippen LogP contribution in [0.3, 0.4) is 0 Å². The molecule has 1 aromatic rings. The molecule has 0 saturated carbocycles. The van der Waals surface area contributed by atoms with E-state index in [1.165, 1.54) is 5.56 Å². The maximum Gasteiger partial charge on any atom is 0.119 e. The van der Waals surface area contributed by atoms with Gasteiger partial charge in [0.1, 0.15) is 12.4 Å². The number of aryl methyl sites for hydroxylation is 1. The molecule has 1 rings (SSSR count). The van der Waals surface area contributed by atoms with Crippen LogP contribution in [0.1, 0.15) is 25.8 Å². The van der Waals surface area contributed by atoms with Crippen LogP contribution in [0, 0.1) is 6.92 Å². The van der Waals surface area contributed by atoms with Crippen LogP contribution in [-0.4, -0.2) is 32.4 Å². The van der Waals surface area contributed by atoms with E-state index < -0.39 is 0 Å². The van der Waals surface area contributed by atoms with Crippen molar-refractivity contribution in [3.05, 3.63) is 29.8 Å². The van der Waals surface area contributed by atoms with Gasteiger partial charge in [0.05, 0.1) is 6.10 Å². The molecule has 0 atom stereocenters. The molecule has 1 aromatic carbocycles. The fourth-order valence-electron chi connectivity index (χ4n) is 1.52. The standard InChI is InChI=1S/C15H25NO2/c1-13(2)17-11-4-9-16-10-12-18-15-7-5-14(3)6-8-15/h5-8,13,16H,4,9-12H2,1-3H3. The molecule has 0 saturated heterocycles. The summed E-state index contributed by atoms with van der Waals surface area (Å²) in [4.78, 5) is 0. The fraction of sp³-hybridized carbons (Fsp3) is 0.600. The second-order valence-corrected chi connectivity index (χ2v) is 4.68. The van der Waals surface area contributed by atoms with Crippen molar-refractivity contribution in [1.82, 2.24) is 5.32 Å². The first-order valence-electron chi connectivity index (χ1n) is 6.70. The Labute approximate surface area is 110 Å². The molecule has 3 heteroatoms. The average Bonchev–Trinajstić information content (AvgIpc) is 2.34. The first-order valence-corrected chi connectivity index (χ1v) is 6.70. The first-order chi connectivity index (χ1) is 8.68. The van der Waals surface area contributed by atoms with Gasteiger partial charge < -0.3 is 14.8 Å². The third-order valence-corrected chi connectivity index (χ3v) is 2.52. The van der Waals surface area contributed by atoms with E-state index in [0.29, 0.717) is 12.7 Å². The van der Waals surface area contributed by atoms with Crippen molar-refractivity contribution in [3.63, 3.8) is 0 Å². The van der Waals surface area contributed by atoms with Crippen LogP contribution in [0.25, 0.3) is 0 Å². The summed E-state index contributed by atoms with van der Waals surface area (Å²) >= 11 is 0. The van der Waals surface area contributed by atoms with E-state index in [4.69, 9.17) is 9.47 Å². The maximum absolute atomic E-state index is 5.61. The maximum atomic E-state index is 5.61. The molecule has 0 aliphatic carbocycles. The molecule has 0 bridgehead atoms. The smallest absolute Gasteiger partial charge is 0.119 e. The Morgan fingerprint density at radius 3 is 2.44 bits per heavy atom. The third kappa shape index (κ3) is 7.30. The molecule has 0 aliphatic heterocycles. The van der Waals surface area contributed by atoms with Crippen LogP contribution in [0.15, 0.2) is 24.3 Å². The Balaban J connectivity index is 1.94. The van der Waals surface area contributed by atoms with Gasteiger partial charge in [0.2, 0.25) is 0 Å². The molecular weight excluding hydrogens is 226 g/mol. The van der Waals surface area contributed by atoms with E-state index >= 15 is 0 Å². The molecule has 0 radical (unpaired) electrons. The summed E-state index contributed by atoms with van der Waals surface area (Å²) in [7, 11) is 0. The Morgan fingerprint density at radius 2 is 1.78 bits per heavy atom. The topological polar surface area (TPSA) is 30.5 Å². The van der Waals surface area contributed by atoms with Crippen LogP contribution < -0.4 is 10.1 Å². The van der Waals surface area contributed by atoms with E-state index in [1.807, 2.05) is 12.1 Å². The molecule has 102 valence electrons. The van der Waals surface area contributed by atoms with Gasteiger partial charge in [-0.1, -0.05) is 17.7 Å². The molecule has 0 amide bonds. The van der Waals surface area contributed by atoms with E-state index in [9.17, 15) is 0 Å². The molecule has 18 heavy (non-hydrogen) atoms. The third-order valence-electron chi connectivity index (χ3n) is 2.52. The van der Waals surface area contributed by atoms with Crippen LogP contribution in [0.2, 0.25) is 0 Å². The van der Waals surface area contributed by atoms with Crippen LogP contribution in [0.5, 0.6) is 5.75 Å². The van der Waals surface area contributed by atoms with Gasteiger partial charge in [0.15, 0.2) is 0 Å². The summed E-state index contributed by atoms with van der Waals surface area (Å²) in [5.41, 5.74) is 1.26. The van der Waals surface area contributed by atoms with Gasteiger partial charge >= 0.3 is 0 Å². The van der Waals surface area contributed by atoms with E-state index in [2.05, 4.69) is 38.2 Å². The number of nitrogens with one attached hydrogen (secondary N) is 1. The summed E-state index contributed by atoms with van der Waals surface area (Å²) < 4.78 is 11.1. The highest BCUT2D eigenvalue weighted by molar-refractivity contribution is 5.26. The summed E-state index contributed by atoms with van der Waals surface area (Å²) in [6.07, 6.45) is 1.37. The predicted octanol–water partition coefficient (Wildman–Crippen LogP) is 2.78. The number of hydrogen-bond donors (Lipinski definition) is 1. The second-order valence-electron chi connectivity index (χ2n) is 4.68. The van der Waals surface area contributed by atoms with Crippen molar-refractivity contribution in [2.75, 3.05) is 26.3 Å². The zero-order chi connectivity index (χ0) is 13.2. The lowest BCUT2D eigenvalue weighted by atomic mass is 10.2. The number of benzene rings is 1. The van der Waals surface area contributed by atoms with E-state index in [1.54, 1.807) is 0 Å². The van der Waals surface area contributed by atoms with Gasteiger partial charge in [0.25, 0.3) is 0 Å². The lowest BCUT2D eigenvalue weighted by Crippen LogP contribution is -2.23. The summed E-state index contributed by atoms with van der Waals surface area (Å²) in [5.74, 6) is 0.936. The van der Waals surface area contributed by atoms with Gasteiger partial charge in [-0.05, 0) is 45.9 Å². The van der Waals surface area contributed by atoms with Crippen molar-refractivity contribution in [1.29, 1.82) is 0 Å². The van der Waals surface area contributed by atoms with Crippen molar-refractivity contribution < 1.29 is 9.47 Å². The molecule has 0 unspecified atom stereocenters. The second kappa shape index (κ2) is 8.95. The minimum atomic E-state index is 0.329. The van der Waals surface area contributed by atoms with Gasteiger partial charge in [-0.25, -0.2) is 0 Å². The number of hydrogen-bond acceptors (Lipinski definition) is 3. The molecule has 1 N–H and O–H groups in total. The van der Waals surface area contributed by atoms with Gasteiger partial charge in [-0.3, -0.25) is 0 Å². The van der Waals surface area contributed by atoms with Crippen molar-refractivity contribution in [3.8, 4) is 5.75 Å². The zero-order valence-corrected chi connectivity index (χ0v) is 11.7. The Bertz CT molecular complexity index is 309. The molecule has 0 aliphatic rings. The minimum Gasteiger partial charge on any atom is -0.492 e. The highest BCUT2D eigenvalue weighted by Gasteiger charge is 1.94. The van der Waals surface area contributed by atoms with Crippen molar-refractivity contribution >= 4 is 0 Å². The predicted molar refractivity (Wildman–Crippen MR) is 75.2 cm³/mol. The van der Waals surface area contributed by atoms with Crippen LogP contribution >= 0.6 is 0 Å². The summed E-state index contributed by atoms with van der Waals surface area (Å²) in [6, 6.07) is 8.13. The monoisotopic (exact) mass is 251 g/mol. The molecule has 0 spiro atoms. The SMILES string of the molecule is Cc1ccc(OCCNCCCOC(C)C)cc1. The van der Waals surface area contributed by atoms with Crippen LogP contribution in [0.4, 0.5) is 0 Å². The quantitative estimate of drug-likeness (QED) is 0.685. The largest absolute Gasteiger partial charge is 0.492 e.